The van der Waals surface area contributed by atoms with Gasteiger partial charge in [0.2, 0.25) is 11.0 Å². The molecule has 1 unspecified atom stereocenters. The molecule has 2 aromatic carbocycles. The van der Waals surface area contributed by atoms with Crippen LogP contribution in [0.5, 0.6) is 0 Å². The lowest BCUT2D eigenvalue weighted by Crippen LogP contribution is -2.56. The standard InChI is InChI=1S/C24H23N5O3S/c1-16-25-26-24(33-16)28-13-11-27(12-14-28)23(32)20(15-17-7-3-2-4-8-17)29-21(30)18-9-5-6-10-19(18)22(29)31/h2-10,20H,11-15H2,1H3. The van der Waals surface area contributed by atoms with Crippen LogP contribution in [0.3, 0.4) is 0 Å². The van der Waals surface area contributed by atoms with Crippen LogP contribution < -0.4 is 4.90 Å². The van der Waals surface area contributed by atoms with Crippen LogP contribution in [0, 0.1) is 6.92 Å². The van der Waals surface area contributed by atoms with Gasteiger partial charge >= 0.3 is 0 Å². The summed E-state index contributed by atoms with van der Waals surface area (Å²) in [6, 6.07) is 15.4. The van der Waals surface area contributed by atoms with E-state index in [1.165, 1.54) is 11.3 Å². The van der Waals surface area contributed by atoms with Gasteiger partial charge in [0, 0.05) is 32.6 Å². The van der Waals surface area contributed by atoms with Crippen molar-refractivity contribution in [1.82, 2.24) is 20.0 Å². The molecule has 1 fully saturated rings. The van der Waals surface area contributed by atoms with Crippen molar-refractivity contribution >= 4 is 34.2 Å². The van der Waals surface area contributed by atoms with E-state index >= 15 is 0 Å². The van der Waals surface area contributed by atoms with Gasteiger partial charge in [-0.3, -0.25) is 19.3 Å². The van der Waals surface area contributed by atoms with Gasteiger partial charge in [0.05, 0.1) is 11.1 Å². The molecule has 3 amide bonds. The molecular formula is C24H23N5O3S. The number of anilines is 1. The zero-order chi connectivity index (χ0) is 22.9. The van der Waals surface area contributed by atoms with Crippen molar-refractivity contribution < 1.29 is 14.4 Å². The molecule has 0 N–H and O–H groups in total. The Morgan fingerprint density at radius 3 is 2.09 bits per heavy atom. The maximum atomic E-state index is 13.7. The number of fused-ring (bicyclic) bond motifs is 1. The van der Waals surface area contributed by atoms with Crippen LogP contribution >= 0.6 is 11.3 Å². The van der Waals surface area contributed by atoms with Gasteiger partial charge in [0.1, 0.15) is 11.0 Å². The number of aryl methyl sites for hydroxylation is 1. The van der Waals surface area contributed by atoms with Crippen LogP contribution in [0.25, 0.3) is 0 Å². The number of rotatable bonds is 5. The lowest BCUT2D eigenvalue weighted by atomic mass is 10.0. The monoisotopic (exact) mass is 461 g/mol. The molecule has 0 bridgehead atoms. The minimum atomic E-state index is -0.893. The number of aromatic nitrogens is 2. The second kappa shape index (κ2) is 8.74. The first-order chi connectivity index (χ1) is 16.0. The summed E-state index contributed by atoms with van der Waals surface area (Å²) in [4.78, 5) is 45.1. The Balaban J connectivity index is 1.39. The maximum Gasteiger partial charge on any atom is 0.262 e. The highest BCUT2D eigenvalue weighted by Gasteiger charge is 2.44. The number of piperazine rings is 1. The first-order valence-electron chi connectivity index (χ1n) is 10.9. The molecule has 1 saturated heterocycles. The minimum Gasteiger partial charge on any atom is -0.343 e. The fourth-order valence-electron chi connectivity index (χ4n) is 4.36. The molecule has 2 aliphatic rings. The fourth-order valence-corrected chi connectivity index (χ4v) is 5.10. The van der Waals surface area contributed by atoms with Crippen molar-refractivity contribution in [2.45, 2.75) is 19.4 Å². The van der Waals surface area contributed by atoms with E-state index in [4.69, 9.17) is 0 Å². The highest BCUT2D eigenvalue weighted by atomic mass is 32.1. The van der Waals surface area contributed by atoms with Gasteiger partial charge in [-0.2, -0.15) is 0 Å². The summed E-state index contributed by atoms with van der Waals surface area (Å²) >= 11 is 1.53. The molecule has 2 aliphatic heterocycles. The zero-order valence-electron chi connectivity index (χ0n) is 18.2. The number of carbonyl (C=O) groups excluding carboxylic acids is 3. The Kier molecular flexibility index (Phi) is 5.63. The molecule has 0 radical (unpaired) electrons. The van der Waals surface area contributed by atoms with E-state index in [9.17, 15) is 14.4 Å². The normalized spacial score (nSPS) is 16.8. The third kappa shape index (κ3) is 4.00. The first kappa shape index (κ1) is 21.3. The Bertz CT molecular complexity index is 1170. The zero-order valence-corrected chi connectivity index (χ0v) is 19.0. The Morgan fingerprint density at radius 1 is 0.909 bits per heavy atom. The summed E-state index contributed by atoms with van der Waals surface area (Å²) in [5.74, 6) is -1.03. The predicted molar refractivity (Wildman–Crippen MR) is 124 cm³/mol. The molecule has 0 saturated carbocycles. The lowest BCUT2D eigenvalue weighted by Gasteiger charge is -2.37. The Labute approximate surface area is 195 Å². The SMILES string of the molecule is Cc1nnc(N2CCN(C(=O)C(Cc3ccccc3)N3C(=O)c4ccccc4C3=O)CC2)s1. The molecule has 1 aromatic heterocycles. The van der Waals surface area contributed by atoms with E-state index < -0.39 is 17.9 Å². The highest BCUT2D eigenvalue weighted by Crippen LogP contribution is 2.27. The largest absolute Gasteiger partial charge is 0.343 e. The lowest BCUT2D eigenvalue weighted by molar-refractivity contribution is -0.135. The van der Waals surface area contributed by atoms with E-state index in [2.05, 4.69) is 15.1 Å². The van der Waals surface area contributed by atoms with Crippen molar-refractivity contribution in [2.24, 2.45) is 0 Å². The van der Waals surface area contributed by atoms with Crippen molar-refractivity contribution in [1.29, 1.82) is 0 Å². The van der Waals surface area contributed by atoms with Gasteiger partial charge in [-0.1, -0.05) is 53.8 Å². The molecule has 33 heavy (non-hydrogen) atoms. The molecule has 9 heteroatoms. The van der Waals surface area contributed by atoms with Crippen molar-refractivity contribution in [2.75, 3.05) is 31.1 Å². The van der Waals surface area contributed by atoms with Gasteiger partial charge in [-0.15, -0.1) is 10.2 Å². The number of amides is 3. The van der Waals surface area contributed by atoms with E-state index in [1.807, 2.05) is 37.3 Å². The number of carbonyl (C=O) groups is 3. The molecule has 0 spiro atoms. The number of hydrogen-bond acceptors (Lipinski definition) is 7. The average molecular weight is 462 g/mol. The van der Waals surface area contributed by atoms with Crippen molar-refractivity contribution in [3.8, 4) is 0 Å². The smallest absolute Gasteiger partial charge is 0.262 e. The second-order valence-corrected chi connectivity index (χ2v) is 9.31. The molecule has 168 valence electrons. The van der Waals surface area contributed by atoms with E-state index in [0.29, 0.717) is 37.3 Å². The first-order valence-corrected chi connectivity index (χ1v) is 11.7. The quantitative estimate of drug-likeness (QED) is 0.543. The Morgan fingerprint density at radius 2 is 1.52 bits per heavy atom. The topological polar surface area (TPSA) is 86.7 Å². The van der Waals surface area contributed by atoms with Gasteiger partial charge in [0.25, 0.3) is 11.8 Å². The summed E-state index contributed by atoms with van der Waals surface area (Å²) in [5.41, 5.74) is 1.60. The van der Waals surface area contributed by atoms with Crippen LogP contribution in [0.1, 0.15) is 31.3 Å². The van der Waals surface area contributed by atoms with Gasteiger partial charge in [0.15, 0.2) is 0 Å². The van der Waals surface area contributed by atoms with Crippen LogP contribution in [-0.2, 0) is 11.2 Å². The number of imide groups is 1. The maximum absolute atomic E-state index is 13.7. The summed E-state index contributed by atoms with van der Waals surface area (Å²) < 4.78 is 0. The number of benzene rings is 2. The van der Waals surface area contributed by atoms with Gasteiger partial charge < -0.3 is 9.80 Å². The van der Waals surface area contributed by atoms with Crippen LogP contribution in [-0.4, -0.2) is 69.9 Å². The molecule has 5 rings (SSSR count). The second-order valence-electron chi connectivity index (χ2n) is 8.15. The minimum absolute atomic E-state index is 0.207. The highest BCUT2D eigenvalue weighted by molar-refractivity contribution is 7.15. The Hall–Kier alpha value is -3.59. The van der Waals surface area contributed by atoms with Crippen molar-refractivity contribution in [3.63, 3.8) is 0 Å². The predicted octanol–water partition coefficient (Wildman–Crippen LogP) is 2.40. The molecule has 0 aliphatic carbocycles. The third-order valence-electron chi connectivity index (χ3n) is 6.07. The molecular weight excluding hydrogens is 438 g/mol. The van der Waals surface area contributed by atoms with Gasteiger partial charge in [-0.05, 0) is 24.6 Å². The molecule has 3 aromatic rings. The molecule has 3 heterocycles. The van der Waals surface area contributed by atoms with Crippen LogP contribution in [0.4, 0.5) is 5.13 Å². The van der Waals surface area contributed by atoms with Crippen LogP contribution in [0.2, 0.25) is 0 Å². The average Bonchev–Trinajstić information content (AvgIpc) is 3.39. The molecule has 1 atom stereocenters. The fraction of sp³-hybridized carbons (Fsp3) is 0.292. The van der Waals surface area contributed by atoms with Crippen molar-refractivity contribution in [3.05, 3.63) is 76.3 Å². The molecule has 8 nitrogen and oxygen atoms in total. The summed E-state index contributed by atoms with van der Waals surface area (Å²) in [5, 5.41) is 10.0. The van der Waals surface area contributed by atoms with E-state index in [-0.39, 0.29) is 12.3 Å². The third-order valence-corrected chi connectivity index (χ3v) is 6.97. The van der Waals surface area contributed by atoms with Crippen LogP contribution in [0.15, 0.2) is 54.6 Å². The summed E-state index contributed by atoms with van der Waals surface area (Å²) in [6.07, 6.45) is 0.279. The summed E-state index contributed by atoms with van der Waals surface area (Å²) in [7, 11) is 0. The summed E-state index contributed by atoms with van der Waals surface area (Å²) in [6.45, 7) is 4.15. The van der Waals surface area contributed by atoms with E-state index in [0.717, 1.165) is 20.6 Å². The number of nitrogens with zero attached hydrogens (tertiary/aromatic N) is 5. The number of hydrogen-bond donors (Lipinski definition) is 0. The van der Waals surface area contributed by atoms with E-state index in [1.54, 1.807) is 29.2 Å². The van der Waals surface area contributed by atoms with Gasteiger partial charge in [-0.25, -0.2) is 0 Å².